The van der Waals surface area contributed by atoms with Gasteiger partial charge >= 0.3 is 0 Å². The van der Waals surface area contributed by atoms with Crippen molar-refractivity contribution in [3.05, 3.63) is 95.8 Å². The van der Waals surface area contributed by atoms with Gasteiger partial charge in [0.2, 0.25) is 0 Å². The number of rotatable bonds is 5. The predicted molar refractivity (Wildman–Crippen MR) is 146 cm³/mol. The smallest absolute Gasteiger partial charge is 0.144 e. The molecule has 2 nitrogen and oxygen atoms in total. The SMILES string of the molecule is C1=C(C2CCCCC2)C(n2ccnc2-c2ccccc2)=C(C2CCCCC2)CC1c1ccccc1. The van der Waals surface area contributed by atoms with Crippen LogP contribution in [0.15, 0.2) is 90.3 Å². The molecule has 2 aromatic carbocycles. The Bertz CT molecular complexity index is 1170. The van der Waals surface area contributed by atoms with E-state index in [1.165, 1.54) is 81.0 Å². The molecule has 3 aliphatic rings. The summed E-state index contributed by atoms with van der Waals surface area (Å²) in [6.07, 6.45) is 21.6. The molecule has 2 saturated carbocycles. The lowest BCUT2D eigenvalue weighted by atomic mass is 9.70. The summed E-state index contributed by atoms with van der Waals surface area (Å²) >= 11 is 0. The maximum atomic E-state index is 4.90. The number of hydrogen-bond donors (Lipinski definition) is 0. The van der Waals surface area contributed by atoms with Crippen molar-refractivity contribution in [2.75, 3.05) is 0 Å². The van der Waals surface area contributed by atoms with Gasteiger partial charge in [-0.05, 0) is 60.6 Å². The normalized spacial score (nSPS) is 22.3. The van der Waals surface area contributed by atoms with E-state index in [9.17, 15) is 0 Å². The fourth-order valence-corrected chi connectivity index (χ4v) is 6.92. The molecule has 180 valence electrons. The van der Waals surface area contributed by atoms with Crippen molar-refractivity contribution in [2.45, 2.75) is 76.5 Å². The topological polar surface area (TPSA) is 17.8 Å². The number of nitrogens with zero attached hydrogens (tertiary/aromatic N) is 2. The van der Waals surface area contributed by atoms with Crippen molar-refractivity contribution in [1.29, 1.82) is 0 Å². The van der Waals surface area contributed by atoms with Gasteiger partial charge in [-0.3, -0.25) is 4.57 Å². The van der Waals surface area contributed by atoms with Crippen LogP contribution >= 0.6 is 0 Å². The van der Waals surface area contributed by atoms with E-state index >= 15 is 0 Å². The van der Waals surface area contributed by atoms with E-state index in [1.807, 2.05) is 6.20 Å². The van der Waals surface area contributed by atoms with Gasteiger partial charge in [0.25, 0.3) is 0 Å². The minimum atomic E-state index is 0.484. The molecule has 0 aliphatic heterocycles. The van der Waals surface area contributed by atoms with Crippen molar-refractivity contribution < 1.29 is 0 Å². The van der Waals surface area contributed by atoms with Crippen LogP contribution in [0.4, 0.5) is 0 Å². The minimum Gasteiger partial charge on any atom is -0.300 e. The first-order valence-corrected chi connectivity index (χ1v) is 14.0. The van der Waals surface area contributed by atoms with Gasteiger partial charge in [0.05, 0.1) is 0 Å². The first kappa shape index (κ1) is 22.6. The number of allylic oxidation sites excluding steroid dienone is 4. The zero-order valence-electron chi connectivity index (χ0n) is 20.9. The summed E-state index contributed by atoms with van der Waals surface area (Å²) < 4.78 is 2.47. The molecule has 0 amide bonds. The second kappa shape index (κ2) is 10.4. The van der Waals surface area contributed by atoms with Crippen LogP contribution in [-0.2, 0) is 0 Å². The van der Waals surface area contributed by atoms with Crippen LogP contribution in [0, 0.1) is 11.8 Å². The molecule has 0 radical (unpaired) electrons. The van der Waals surface area contributed by atoms with E-state index in [0.717, 1.165) is 12.2 Å². The van der Waals surface area contributed by atoms with Gasteiger partial charge in [0.15, 0.2) is 0 Å². The van der Waals surface area contributed by atoms with Gasteiger partial charge in [-0.1, -0.05) is 105 Å². The zero-order chi connectivity index (χ0) is 23.5. The van der Waals surface area contributed by atoms with Gasteiger partial charge in [-0.2, -0.15) is 0 Å². The maximum Gasteiger partial charge on any atom is 0.144 e. The van der Waals surface area contributed by atoms with Crippen LogP contribution in [0.2, 0.25) is 0 Å². The Hall–Kier alpha value is -2.87. The third-order valence-electron chi connectivity index (χ3n) is 8.68. The van der Waals surface area contributed by atoms with Crippen molar-refractivity contribution in [1.82, 2.24) is 9.55 Å². The van der Waals surface area contributed by atoms with Crippen LogP contribution in [0.5, 0.6) is 0 Å². The highest BCUT2D eigenvalue weighted by molar-refractivity contribution is 5.76. The van der Waals surface area contributed by atoms with Crippen LogP contribution in [0.25, 0.3) is 17.1 Å². The van der Waals surface area contributed by atoms with Gasteiger partial charge in [0.1, 0.15) is 5.82 Å². The number of benzene rings is 2. The Morgan fingerprint density at radius 2 is 1.31 bits per heavy atom. The van der Waals surface area contributed by atoms with E-state index in [4.69, 9.17) is 4.98 Å². The van der Waals surface area contributed by atoms with Crippen molar-refractivity contribution in [2.24, 2.45) is 11.8 Å². The first-order chi connectivity index (χ1) is 17.4. The Balaban J connectivity index is 1.52. The highest BCUT2D eigenvalue weighted by Gasteiger charge is 2.34. The first-order valence-electron chi connectivity index (χ1n) is 14.0. The highest BCUT2D eigenvalue weighted by Crippen LogP contribution is 2.49. The second-order valence-corrected chi connectivity index (χ2v) is 10.9. The highest BCUT2D eigenvalue weighted by atomic mass is 15.1. The molecule has 1 aromatic heterocycles. The van der Waals surface area contributed by atoms with Gasteiger partial charge in [0, 0.05) is 29.6 Å². The summed E-state index contributed by atoms with van der Waals surface area (Å²) in [5.74, 6) is 2.93. The van der Waals surface area contributed by atoms with E-state index in [-0.39, 0.29) is 0 Å². The van der Waals surface area contributed by atoms with Crippen molar-refractivity contribution in [3.63, 3.8) is 0 Å². The average Bonchev–Trinajstić information content (AvgIpc) is 3.44. The summed E-state index contributed by atoms with van der Waals surface area (Å²) in [6.45, 7) is 0. The number of hydrogen-bond acceptors (Lipinski definition) is 1. The molecule has 3 aromatic rings. The van der Waals surface area contributed by atoms with E-state index in [2.05, 4.69) is 77.5 Å². The van der Waals surface area contributed by atoms with Crippen LogP contribution in [-0.4, -0.2) is 9.55 Å². The van der Waals surface area contributed by atoms with Crippen molar-refractivity contribution in [3.8, 4) is 11.4 Å². The summed E-state index contributed by atoms with van der Waals surface area (Å²) in [5.41, 5.74) is 7.51. The Morgan fingerprint density at radius 1 is 0.686 bits per heavy atom. The van der Waals surface area contributed by atoms with Crippen LogP contribution < -0.4 is 0 Å². The summed E-state index contributed by atoms with van der Waals surface area (Å²) in [6, 6.07) is 22.0. The molecule has 1 heterocycles. The quantitative estimate of drug-likeness (QED) is 0.370. The lowest BCUT2D eigenvalue weighted by Gasteiger charge is -2.37. The Labute approximate surface area is 210 Å². The van der Waals surface area contributed by atoms with Crippen LogP contribution in [0.1, 0.15) is 82.1 Å². The van der Waals surface area contributed by atoms with Gasteiger partial charge in [-0.25, -0.2) is 4.98 Å². The van der Waals surface area contributed by atoms with E-state index in [1.54, 1.807) is 11.1 Å². The molecule has 0 N–H and O–H groups in total. The van der Waals surface area contributed by atoms with Crippen LogP contribution in [0.3, 0.4) is 0 Å². The monoisotopic (exact) mass is 462 g/mol. The number of imidazole rings is 1. The lowest BCUT2D eigenvalue weighted by Crippen LogP contribution is -2.23. The minimum absolute atomic E-state index is 0.484. The predicted octanol–water partition coefficient (Wildman–Crippen LogP) is 9.04. The fourth-order valence-electron chi connectivity index (χ4n) is 6.92. The summed E-state index contributed by atoms with van der Waals surface area (Å²) in [7, 11) is 0. The summed E-state index contributed by atoms with van der Waals surface area (Å²) in [4.78, 5) is 4.90. The molecule has 1 unspecified atom stereocenters. The second-order valence-electron chi connectivity index (χ2n) is 10.9. The molecule has 35 heavy (non-hydrogen) atoms. The summed E-state index contributed by atoms with van der Waals surface area (Å²) in [5, 5.41) is 0. The largest absolute Gasteiger partial charge is 0.300 e. The van der Waals surface area contributed by atoms with Gasteiger partial charge < -0.3 is 0 Å². The number of aromatic nitrogens is 2. The molecule has 3 aliphatic carbocycles. The Morgan fingerprint density at radius 3 is 2.00 bits per heavy atom. The molecule has 1 atom stereocenters. The molecule has 2 fully saturated rings. The third kappa shape index (κ3) is 4.68. The van der Waals surface area contributed by atoms with E-state index in [0.29, 0.717) is 17.8 Å². The Kier molecular flexibility index (Phi) is 6.71. The molecule has 2 heteroatoms. The zero-order valence-corrected chi connectivity index (χ0v) is 20.9. The molecule has 0 bridgehead atoms. The standard InChI is InChI=1S/C33H38N2/c1-5-13-25(14-6-1)29-23-30(26-15-7-2-8-16-26)32(31(24-29)27-17-9-3-10-18-27)35-22-21-34-33(35)28-19-11-4-12-20-28/h1,4-6,11-14,19-23,26-27,29H,2-3,7-10,15-18,24H2. The maximum absolute atomic E-state index is 4.90. The molecule has 0 spiro atoms. The van der Waals surface area contributed by atoms with Gasteiger partial charge in [-0.15, -0.1) is 0 Å². The van der Waals surface area contributed by atoms with E-state index < -0.39 is 0 Å². The molecular formula is C33H38N2. The lowest BCUT2D eigenvalue weighted by molar-refractivity contribution is 0.383. The van der Waals surface area contributed by atoms with Crippen molar-refractivity contribution >= 4 is 5.70 Å². The fraction of sp³-hybridized carbons (Fsp3) is 0.424. The average molecular weight is 463 g/mol. The molecule has 6 rings (SSSR count). The molecule has 0 saturated heterocycles. The molecular weight excluding hydrogens is 424 g/mol. The third-order valence-corrected chi connectivity index (χ3v) is 8.68.